The van der Waals surface area contributed by atoms with Gasteiger partial charge in [0.1, 0.15) is 18.1 Å². The van der Waals surface area contributed by atoms with E-state index in [0.717, 1.165) is 40.2 Å². The fourth-order valence-electron chi connectivity index (χ4n) is 7.50. The number of benzene rings is 2. The normalized spacial score (nSPS) is 17.9. The number of amides is 5. The van der Waals surface area contributed by atoms with E-state index in [-0.39, 0.29) is 35.6 Å². The molecule has 0 spiro atoms. The number of nitrogens with zero attached hydrogens (tertiary/aromatic N) is 5. The number of carbonyl (C=O) groups excluding carboxylic acids is 5. The highest BCUT2D eigenvalue weighted by Gasteiger charge is 2.39. The quantitative estimate of drug-likeness (QED) is 0.139. The zero-order valence-corrected chi connectivity index (χ0v) is 32.5. The molecule has 2 aliphatic rings. The van der Waals surface area contributed by atoms with Crippen LogP contribution in [0.3, 0.4) is 0 Å². The predicted molar refractivity (Wildman–Crippen MR) is 210 cm³/mol. The van der Waals surface area contributed by atoms with Gasteiger partial charge >= 0.3 is 6.09 Å². The van der Waals surface area contributed by atoms with Crippen molar-refractivity contribution in [3.8, 4) is 21.7 Å². The van der Waals surface area contributed by atoms with Crippen LogP contribution in [0.5, 0.6) is 0 Å². The summed E-state index contributed by atoms with van der Waals surface area (Å²) in [6.45, 7) is 6.16. The third-order valence-corrected chi connectivity index (χ3v) is 11.4. The van der Waals surface area contributed by atoms with Gasteiger partial charge < -0.3 is 30.5 Å². The summed E-state index contributed by atoms with van der Waals surface area (Å²) < 4.78 is 6.61. The second-order valence-electron chi connectivity index (χ2n) is 14.5. The first-order valence-electron chi connectivity index (χ1n) is 18.7. The number of aromatic nitrogens is 4. The molecule has 2 fully saturated rings. The summed E-state index contributed by atoms with van der Waals surface area (Å²) in [6, 6.07) is 16.6. The maximum atomic E-state index is 13.7. The van der Waals surface area contributed by atoms with Gasteiger partial charge in [-0.2, -0.15) is 5.10 Å². The van der Waals surface area contributed by atoms with Crippen molar-refractivity contribution in [2.24, 2.45) is 5.92 Å². The van der Waals surface area contributed by atoms with E-state index in [1.54, 1.807) is 23.2 Å². The molecule has 292 valence electrons. The summed E-state index contributed by atoms with van der Waals surface area (Å²) in [4.78, 5) is 74.3. The van der Waals surface area contributed by atoms with Gasteiger partial charge in [-0.3, -0.25) is 28.7 Å². The number of fused-ring (bicyclic) bond motifs is 1. The number of rotatable bonds is 11. The van der Waals surface area contributed by atoms with E-state index >= 15 is 0 Å². The van der Waals surface area contributed by atoms with Crippen LogP contribution in [0.15, 0.2) is 73.1 Å². The Kier molecular flexibility index (Phi) is 11.2. The van der Waals surface area contributed by atoms with Gasteiger partial charge in [0.05, 0.1) is 35.6 Å². The number of nitrogens with one attached hydrogen (secondary N) is 4. The Bertz CT molecular complexity index is 2200. The molecule has 0 aliphatic carbocycles. The number of ether oxygens (including phenoxy) is 1. The SMILES string of the molecule is COC(=O)NC(C(=O)N1CCCC1c1cc(-c2ccc(-c3cn4cc(NC(=O)C5CCCN5C(=O)C(NC(C)=O)c5ccccc5)nc4s3)cc2)n[nH]1)C(C)C. The van der Waals surface area contributed by atoms with Crippen molar-refractivity contribution < 1.29 is 28.7 Å². The first kappa shape index (κ1) is 38.3. The van der Waals surface area contributed by atoms with Crippen LogP contribution in [-0.2, 0) is 23.9 Å². The monoisotopic (exact) mass is 779 g/mol. The third kappa shape index (κ3) is 8.01. The molecule has 16 heteroatoms. The lowest BCUT2D eigenvalue weighted by molar-refractivity contribution is -0.140. The number of alkyl carbamates (subject to hydrolysis) is 1. The Hall–Kier alpha value is -6.03. The molecule has 3 aromatic heterocycles. The fourth-order valence-corrected chi connectivity index (χ4v) is 8.47. The van der Waals surface area contributed by atoms with E-state index in [0.29, 0.717) is 42.3 Å². The molecule has 4 atom stereocenters. The highest BCUT2D eigenvalue weighted by atomic mass is 32.1. The molecule has 15 nitrogen and oxygen atoms in total. The van der Waals surface area contributed by atoms with Gasteiger partial charge in [0.2, 0.25) is 23.6 Å². The third-order valence-electron chi connectivity index (χ3n) is 10.3. The molecule has 0 radical (unpaired) electrons. The summed E-state index contributed by atoms with van der Waals surface area (Å²) in [6.07, 6.45) is 5.89. The molecule has 4 N–H and O–H groups in total. The fraction of sp³-hybridized carbons (Fsp3) is 0.375. The Morgan fingerprint density at radius 2 is 1.61 bits per heavy atom. The molecular weight excluding hydrogens is 735 g/mol. The first-order chi connectivity index (χ1) is 27.0. The van der Waals surface area contributed by atoms with E-state index in [2.05, 4.69) is 31.1 Å². The van der Waals surface area contributed by atoms with Crippen LogP contribution in [0, 0.1) is 5.92 Å². The van der Waals surface area contributed by atoms with Gasteiger partial charge in [-0.1, -0.05) is 79.8 Å². The molecule has 7 rings (SSSR count). The van der Waals surface area contributed by atoms with Crippen molar-refractivity contribution in [1.29, 1.82) is 0 Å². The molecule has 0 bridgehead atoms. The Labute approximate surface area is 327 Å². The maximum Gasteiger partial charge on any atom is 0.407 e. The highest BCUT2D eigenvalue weighted by molar-refractivity contribution is 7.20. The van der Waals surface area contributed by atoms with E-state index < -0.39 is 24.2 Å². The van der Waals surface area contributed by atoms with Crippen molar-refractivity contribution in [1.82, 2.24) is 40.0 Å². The zero-order chi connectivity index (χ0) is 39.5. The van der Waals surface area contributed by atoms with Crippen molar-refractivity contribution in [3.05, 3.63) is 84.3 Å². The lowest BCUT2D eigenvalue weighted by atomic mass is 10.0. The Balaban J connectivity index is 0.994. The molecule has 4 unspecified atom stereocenters. The standard InChI is InChI=1S/C40H45N9O6S/c1-23(2)34(44-40(54)55-4)37(52)48-18-8-12-30(48)29-20-28(45-46-29)25-14-16-26(17-15-25)32-21-47-22-33(43-39(47)56-32)42-36(51)31-13-9-19-49(31)38(53)35(41-24(3)50)27-10-6-5-7-11-27/h5-7,10-11,14-17,20-23,30-31,34-35H,8-9,12-13,18-19H2,1-4H3,(H,41,50)(H,42,51)(H,44,54)(H,45,46). The second kappa shape index (κ2) is 16.4. The minimum absolute atomic E-state index is 0.113. The molecule has 5 aromatic rings. The Morgan fingerprint density at radius 3 is 2.30 bits per heavy atom. The zero-order valence-electron chi connectivity index (χ0n) is 31.7. The van der Waals surface area contributed by atoms with Crippen LogP contribution in [0.2, 0.25) is 0 Å². The summed E-state index contributed by atoms with van der Waals surface area (Å²) in [5.74, 6) is -0.843. The number of likely N-dealkylation sites (tertiary alicyclic amines) is 2. The van der Waals surface area contributed by atoms with E-state index in [4.69, 9.17) is 4.74 Å². The van der Waals surface area contributed by atoms with Crippen molar-refractivity contribution in [3.63, 3.8) is 0 Å². The lowest BCUT2D eigenvalue weighted by Gasteiger charge is -2.30. The van der Waals surface area contributed by atoms with Gasteiger partial charge in [0, 0.05) is 31.8 Å². The number of thiazole rings is 1. The number of aromatic amines is 1. The van der Waals surface area contributed by atoms with Crippen LogP contribution in [0.4, 0.5) is 10.6 Å². The van der Waals surface area contributed by atoms with Crippen LogP contribution in [-0.4, -0.2) is 91.4 Å². The molecule has 0 saturated carbocycles. The second-order valence-corrected chi connectivity index (χ2v) is 15.5. The summed E-state index contributed by atoms with van der Waals surface area (Å²) in [5, 5.41) is 16.0. The van der Waals surface area contributed by atoms with Crippen molar-refractivity contribution >= 4 is 51.8 Å². The van der Waals surface area contributed by atoms with Gasteiger partial charge in [-0.15, -0.1) is 0 Å². The molecule has 5 heterocycles. The Morgan fingerprint density at radius 1 is 0.893 bits per heavy atom. The molecule has 2 saturated heterocycles. The first-order valence-corrected chi connectivity index (χ1v) is 19.6. The summed E-state index contributed by atoms with van der Waals surface area (Å²) in [7, 11) is 1.28. The highest BCUT2D eigenvalue weighted by Crippen LogP contribution is 2.35. The van der Waals surface area contributed by atoms with Crippen molar-refractivity contribution in [2.45, 2.75) is 70.6 Å². The summed E-state index contributed by atoms with van der Waals surface area (Å²) in [5.41, 5.74) is 4.16. The van der Waals surface area contributed by atoms with Gasteiger partial charge in [0.25, 0.3) is 0 Å². The van der Waals surface area contributed by atoms with Gasteiger partial charge in [-0.05, 0) is 48.8 Å². The largest absolute Gasteiger partial charge is 0.453 e. The predicted octanol–water partition coefficient (Wildman–Crippen LogP) is 5.30. The van der Waals surface area contributed by atoms with Crippen molar-refractivity contribution in [2.75, 3.05) is 25.5 Å². The van der Waals surface area contributed by atoms with Gasteiger partial charge in [0.15, 0.2) is 10.8 Å². The number of H-pyrrole nitrogens is 1. The number of hydrogen-bond acceptors (Lipinski definition) is 9. The molecular formula is C40H45N9O6S. The van der Waals surface area contributed by atoms with Gasteiger partial charge in [-0.25, -0.2) is 9.78 Å². The molecule has 2 aromatic carbocycles. The number of anilines is 1. The average molecular weight is 780 g/mol. The van der Waals surface area contributed by atoms with Crippen LogP contribution < -0.4 is 16.0 Å². The molecule has 5 amide bonds. The van der Waals surface area contributed by atoms with Crippen LogP contribution in [0.1, 0.15) is 69.8 Å². The number of imidazole rings is 1. The number of hydrogen-bond donors (Lipinski definition) is 4. The molecule has 56 heavy (non-hydrogen) atoms. The van der Waals surface area contributed by atoms with E-state index in [9.17, 15) is 24.0 Å². The lowest BCUT2D eigenvalue weighted by Crippen LogP contribution is -2.51. The minimum atomic E-state index is -0.883. The average Bonchev–Trinajstić information content (AvgIpc) is 4.04. The minimum Gasteiger partial charge on any atom is -0.453 e. The topological polar surface area (TPSA) is 183 Å². The van der Waals surface area contributed by atoms with Crippen LogP contribution >= 0.6 is 11.3 Å². The smallest absolute Gasteiger partial charge is 0.407 e. The number of carbonyl (C=O) groups is 5. The van der Waals surface area contributed by atoms with Crippen LogP contribution in [0.25, 0.3) is 26.7 Å². The van der Waals surface area contributed by atoms with E-state index in [1.807, 2.05) is 77.9 Å². The molecule has 2 aliphatic heterocycles. The van der Waals surface area contributed by atoms with E-state index in [1.165, 1.54) is 25.4 Å². The summed E-state index contributed by atoms with van der Waals surface area (Å²) >= 11 is 1.48. The number of methoxy groups -OCH3 is 1. The maximum absolute atomic E-state index is 13.7.